The van der Waals surface area contributed by atoms with Gasteiger partial charge in [-0.05, 0) is 24.6 Å². The number of hydrogen-bond acceptors (Lipinski definition) is 3. The highest BCUT2D eigenvalue weighted by Gasteiger charge is 2.32. The van der Waals surface area contributed by atoms with E-state index >= 15 is 0 Å². The monoisotopic (exact) mass is 290 g/mol. The van der Waals surface area contributed by atoms with E-state index in [1.54, 1.807) is 6.92 Å². The highest BCUT2D eigenvalue weighted by atomic mass is 19.4. The van der Waals surface area contributed by atoms with E-state index in [0.29, 0.717) is 12.1 Å². The Morgan fingerprint density at radius 1 is 1.40 bits per heavy atom. The Hall–Kier alpha value is -2.09. The molecule has 1 aromatic carbocycles. The topological polar surface area (TPSA) is 92.4 Å². The summed E-state index contributed by atoms with van der Waals surface area (Å²) < 4.78 is 37.7. The lowest BCUT2D eigenvalue weighted by Gasteiger charge is -2.14. The van der Waals surface area contributed by atoms with E-state index in [-0.39, 0.29) is 6.42 Å². The van der Waals surface area contributed by atoms with Crippen molar-refractivity contribution in [1.29, 1.82) is 0 Å². The molecule has 0 saturated carbocycles. The number of carbonyl (C=O) groups is 2. The number of anilines is 1. The molecule has 0 aromatic heterocycles. The minimum absolute atomic E-state index is 0.271. The van der Waals surface area contributed by atoms with Crippen LogP contribution in [-0.4, -0.2) is 23.0 Å². The van der Waals surface area contributed by atoms with Crippen molar-refractivity contribution < 1.29 is 27.9 Å². The minimum atomic E-state index is -4.64. The van der Waals surface area contributed by atoms with Gasteiger partial charge in [-0.1, -0.05) is 6.92 Å². The quantitative estimate of drug-likeness (QED) is 0.791. The second kappa shape index (κ2) is 5.91. The molecule has 5 nitrogen and oxygen atoms in total. The molecule has 1 atom stereocenters. The first kappa shape index (κ1) is 16.0. The first-order chi connectivity index (χ1) is 9.16. The number of hydrogen-bond donors (Lipinski definition) is 3. The van der Waals surface area contributed by atoms with Gasteiger partial charge in [0.25, 0.3) is 0 Å². The van der Waals surface area contributed by atoms with Crippen LogP contribution in [0.3, 0.4) is 0 Å². The van der Waals surface area contributed by atoms with Crippen molar-refractivity contribution in [3.05, 3.63) is 29.3 Å². The first-order valence-electron chi connectivity index (χ1n) is 5.67. The first-order valence-corrected chi connectivity index (χ1v) is 5.67. The molecule has 8 heteroatoms. The number of aromatic carboxylic acids is 1. The normalized spacial score (nSPS) is 12.8. The van der Waals surface area contributed by atoms with Crippen LogP contribution in [0, 0.1) is 0 Å². The lowest BCUT2D eigenvalue weighted by molar-refractivity contribution is -0.137. The van der Waals surface area contributed by atoms with Crippen molar-refractivity contribution in [3.8, 4) is 0 Å². The molecule has 1 aromatic rings. The number of carboxylic acid groups (broad SMARTS) is 1. The fraction of sp³-hybridized carbons (Fsp3) is 0.333. The predicted octanol–water partition coefficient (Wildman–Crippen LogP) is 2.08. The molecule has 110 valence electrons. The zero-order chi connectivity index (χ0) is 15.5. The highest BCUT2D eigenvalue weighted by molar-refractivity contribution is 6.02. The fourth-order valence-electron chi connectivity index (χ4n) is 1.42. The molecule has 0 fully saturated rings. The van der Waals surface area contributed by atoms with E-state index in [0.717, 1.165) is 6.07 Å². The lowest BCUT2D eigenvalue weighted by Crippen LogP contribution is -2.35. The van der Waals surface area contributed by atoms with Crippen LogP contribution in [0.2, 0.25) is 0 Å². The Bertz CT molecular complexity index is 529. The van der Waals surface area contributed by atoms with Crippen LogP contribution in [-0.2, 0) is 11.0 Å². The van der Waals surface area contributed by atoms with Crippen LogP contribution < -0.4 is 11.1 Å². The van der Waals surface area contributed by atoms with Crippen molar-refractivity contribution in [2.75, 3.05) is 5.32 Å². The fourth-order valence-corrected chi connectivity index (χ4v) is 1.42. The Kier molecular flexibility index (Phi) is 4.72. The predicted molar refractivity (Wildman–Crippen MR) is 65.3 cm³/mol. The summed E-state index contributed by atoms with van der Waals surface area (Å²) in [6.07, 6.45) is -4.36. The Morgan fingerprint density at radius 2 is 2.00 bits per heavy atom. The molecule has 20 heavy (non-hydrogen) atoms. The molecular weight excluding hydrogens is 277 g/mol. The maximum absolute atomic E-state index is 12.6. The minimum Gasteiger partial charge on any atom is -0.478 e. The van der Waals surface area contributed by atoms with Gasteiger partial charge >= 0.3 is 12.1 Å². The van der Waals surface area contributed by atoms with Crippen LogP contribution in [0.5, 0.6) is 0 Å². The summed E-state index contributed by atoms with van der Waals surface area (Å²) in [5, 5.41) is 11.0. The number of amides is 1. The number of rotatable bonds is 4. The molecule has 0 saturated heterocycles. The summed E-state index contributed by atoms with van der Waals surface area (Å²) in [4.78, 5) is 22.5. The van der Waals surface area contributed by atoms with Gasteiger partial charge in [0.15, 0.2) is 0 Å². The molecule has 1 amide bonds. The van der Waals surface area contributed by atoms with E-state index in [1.165, 1.54) is 0 Å². The summed E-state index contributed by atoms with van der Waals surface area (Å²) in [6.45, 7) is 1.62. The van der Waals surface area contributed by atoms with Crippen LogP contribution >= 0.6 is 0 Å². The smallest absolute Gasteiger partial charge is 0.416 e. The molecule has 0 aliphatic carbocycles. The third kappa shape index (κ3) is 3.70. The van der Waals surface area contributed by atoms with Gasteiger partial charge in [-0.3, -0.25) is 4.79 Å². The molecule has 1 rings (SSSR count). The zero-order valence-corrected chi connectivity index (χ0v) is 10.5. The summed E-state index contributed by atoms with van der Waals surface area (Å²) in [6, 6.07) is 1.08. The number of carboxylic acids is 1. The molecular formula is C12H13F3N2O3. The largest absolute Gasteiger partial charge is 0.478 e. The van der Waals surface area contributed by atoms with Gasteiger partial charge in [-0.15, -0.1) is 0 Å². The summed E-state index contributed by atoms with van der Waals surface area (Å²) in [5.41, 5.74) is 3.51. The standard InChI is InChI=1S/C12H13F3N2O3/c1-2-8(16)10(18)17-9-5-6(12(13,14)15)3-4-7(9)11(19)20/h3-5,8H,2,16H2,1H3,(H,17,18)(H,19,20)/t8-/m0/s1. The summed E-state index contributed by atoms with van der Waals surface area (Å²) in [5.74, 6) is -2.19. The summed E-state index contributed by atoms with van der Waals surface area (Å²) in [7, 11) is 0. The Morgan fingerprint density at radius 3 is 2.45 bits per heavy atom. The van der Waals surface area contributed by atoms with Crippen LogP contribution in [0.25, 0.3) is 0 Å². The van der Waals surface area contributed by atoms with E-state index in [2.05, 4.69) is 5.32 Å². The highest BCUT2D eigenvalue weighted by Crippen LogP contribution is 2.32. The third-order valence-corrected chi connectivity index (χ3v) is 2.61. The van der Waals surface area contributed by atoms with E-state index in [4.69, 9.17) is 10.8 Å². The molecule has 0 heterocycles. The van der Waals surface area contributed by atoms with Crippen molar-refractivity contribution in [3.63, 3.8) is 0 Å². The van der Waals surface area contributed by atoms with Crippen molar-refractivity contribution >= 4 is 17.6 Å². The molecule has 0 unspecified atom stereocenters. The number of alkyl halides is 3. The SMILES string of the molecule is CC[C@H](N)C(=O)Nc1cc(C(F)(F)F)ccc1C(=O)O. The lowest BCUT2D eigenvalue weighted by atomic mass is 10.1. The summed E-state index contributed by atoms with van der Waals surface area (Å²) >= 11 is 0. The Labute approximate surface area is 112 Å². The van der Waals surface area contributed by atoms with Crippen molar-refractivity contribution in [2.45, 2.75) is 25.6 Å². The van der Waals surface area contributed by atoms with Crippen molar-refractivity contribution in [2.24, 2.45) is 5.73 Å². The van der Waals surface area contributed by atoms with E-state index in [9.17, 15) is 22.8 Å². The average molecular weight is 290 g/mol. The van der Waals surface area contributed by atoms with E-state index < -0.39 is 40.9 Å². The van der Waals surface area contributed by atoms with Gasteiger partial charge in [-0.25, -0.2) is 4.79 Å². The van der Waals surface area contributed by atoms with Crippen LogP contribution in [0.1, 0.15) is 29.3 Å². The van der Waals surface area contributed by atoms with Gasteiger partial charge in [0.2, 0.25) is 5.91 Å². The van der Waals surface area contributed by atoms with Gasteiger partial charge in [-0.2, -0.15) is 13.2 Å². The maximum Gasteiger partial charge on any atom is 0.416 e. The average Bonchev–Trinajstić information content (AvgIpc) is 2.36. The van der Waals surface area contributed by atoms with Gasteiger partial charge in [0.05, 0.1) is 22.9 Å². The second-order valence-corrected chi connectivity index (χ2v) is 4.07. The van der Waals surface area contributed by atoms with Crippen LogP contribution in [0.4, 0.5) is 18.9 Å². The molecule has 0 bridgehead atoms. The number of nitrogens with two attached hydrogens (primary N) is 1. The maximum atomic E-state index is 12.6. The number of nitrogens with one attached hydrogen (secondary N) is 1. The molecule has 0 radical (unpaired) electrons. The van der Waals surface area contributed by atoms with Crippen molar-refractivity contribution in [1.82, 2.24) is 0 Å². The molecule has 0 aliphatic heterocycles. The number of halogens is 3. The van der Waals surface area contributed by atoms with Crippen LogP contribution in [0.15, 0.2) is 18.2 Å². The van der Waals surface area contributed by atoms with Gasteiger partial charge in [0, 0.05) is 0 Å². The number of carbonyl (C=O) groups excluding carboxylic acids is 1. The van der Waals surface area contributed by atoms with E-state index in [1.807, 2.05) is 0 Å². The molecule has 4 N–H and O–H groups in total. The van der Waals surface area contributed by atoms with Gasteiger partial charge in [0.1, 0.15) is 0 Å². The number of benzene rings is 1. The van der Waals surface area contributed by atoms with Gasteiger partial charge < -0.3 is 16.2 Å². The third-order valence-electron chi connectivity index (χ3n) is 2.61. The zero-order valence-electron chi connectivity index (χ0n) is 10.5. The second-order valence-electron chi connectivity index (χ2n) is 4.07. The molecule has 0 aliphatic rings. The Balaban J connectivity index is 3.19. The molecule has 0 spiro atoms.